The number of amides is 1. The van der Waals surface area contributed by atoms with Crippen molar-refractivity contribution in [1.29, 1.82) is 0 Å². The number of aromatic nitrogens is 1. The normalized spacial score (nSPS) is 10.6. The maximum absolute atomic E-state index is 12.7. The fourth-order valence-corrected chi connectivity index (χ4v) is 4.16. The summed E-state index contributed by atoms with van der Waals surface area (Å²) in [6.07, 6.45) is -0.797. The molecule has 0 aliphatic rings. The van der Waals surface area contributed by atoms with Crippen molar-refractivity contribution in [1.82, 2.24) is 4.98 Å². The summed E-state index contributed by atoms with van der Waals surface area (Å²) in [5.41, 5.74) is 1.57. The Morgan fingerprint density at radius 3 is 2.12 bits per heavy atom. The Labute approximate surface area is 238 Å². The van der Waals surface area contributed by atoms with Gasteiger partial charge in [-0.05, 0) is 30.2 Å². The highest BCUT2D eigenvalue weighted by Crippen LogP contribution is 2.39. The molecule has 1 amide bonds. The zero-order valence-corrected chi connectivity index (χ0v) is 23.0. The van der Waals surface area contributed by atoms with Crippen LogP contribution in [0, 0.1) is 10.1 Å². The van der Waals surface area contributed by atoms with Crippen LogP contribution < -0.4 is 15.4 Å². The quantitative estimate of drug-likeness (QED) is 0.109. The van der Waals surface area contributed by atoms with Gasteiger partial charge in [-0.25, -0.2) is 4.79 Å². The average Bonchev–Trinajstić information content (AvgIpc) is 2.95. The summed E-state index contributed by atoms with van der Waals surface area (Å²) in [5, 5.41) is 18.0. The van der Waals surface area contributed by atoms with Gasteiger partial charge in [-0.15, -0.1) is 0 Å². The summed E-state index contributed by atoms with van der Waals surface area (Å²) >= 11 is 3.32. The molecule has 1 heterocycles. The maximum atomic E-state index is 12.7. The van der Waals surface area contributed by atoms with Crippen molar-refractivity contribution in [2.45, 2.75) is 13.0 Å². The minimum absolute atomic E-state index is 0.0237. The Hall–Kier alpha value is -4.77. The lowest BCUT2D eigenvalue weighted by atomic mass is 9.98. The third-order valence-electron chi connectivity index (χ3n) is 5.72. The number of Topliss-reactive ketones (excluding diaryl/α,β-unsaturated/α-hetero) is 1. The molecule has 3 aromatic carbocycles. The molecule has 0 saturated carbocycles. The van der Waals surface area contributed by atoms with Crippen LogP contribution in [-0.2, 0) is 4.74 Å². The minimum Gasteiger partial charge on any atom is -0.464 e. The van der Waals surface area contributed by atoms with Gasteiger partial charge in [-0.1, -0.05) is 88.7 Å². The number of anilines is 2. The number of carbonyl (C=O) groups excluding carboxylic acids is 2. The Bertz CT molecular complexity index is 1440. The predicted octanol–water partition coefficient (Wildman–Crippen LogP) is 6.78. The number of rotatable bonds is 11. The van der Waals surface area contributed by atoms with Gasteiger partial charge < -0.3 is 14.8 Å². The monoisotopic (exact) mass is 604 g/mol. The van der Waals surface area contributed by atoms with Gasteiger partial charge in [0.25, 0.3) is 5.88 Å². The third kappa shape index (κ3) is 7.20. The smallest absolute Gasteiger partial charge is 0.412 e. The first-order chi connectivity index (χ1) is 19.4. The number of hydrogen-bond donors (Lipinski definition) is 2. The summed E-state index contributed by atoms with van der Waals surface area (Å²) < 4.78 is 11.4. The molecule has 1 aromatic heterocycles. The lowest BCUT2D eigenvalue weighted by molar-refractivity contribution is -0.385. The molecule has 0 radical (unpaired) electrons. The van der Waals surface area contributed by atoms with Crippen molar-refractivity contribution >= 4 is 45.0 Å². The summed E-state index contributed by atoms with van der Waals surface area (Å²) in [6, 6.07) is 26.2. The number of carbonyl (C=O) groups is 2. The van der Waals surface area contributed by atoms with Crippen molar-refractivity contribution < 1.29 is 24.0 Å². The van der Waals surface area contributed by atoms with Gasteiger partial charge in [-0.3, -0.25) is 20.2 Å². The number of hydrogen-bond acceptors (Lipinski definition) is 8. The Balaban J connectivity index is 1.75. The maximum Gasteiger partial charge on any atom is 0.412 e. The molecule has 0 aliphatic heterocycles. The number of ether oxygens (including phenoxy) is 2. The minimum atomic E-state index is -0.797. The van der Waals surface area contributed by atoms with Gasteiger partial charge in [0, 0.05) is 16.1 Å². The fraction of sp³-hybridized carbons (Fsp3) is 0.138. The first-order valence-electron chi connectivity index (χ1n) is 12.3. The van der Waals surface area contributed by atoms with Crippen LogP contribution in [0.4, 0.5) is 22.0 Å². The fourth-order valence-electron chi connectivity index (χ4n) is 3.90. The number of nitrogens with one attached hydrogen (secondary N) is 2. The average molecular weight is 605 g/mol. The van der Waals surface area contributed by atoms with Crippen LogP contribution in [0.25, 0.3) is 0 Å². The molecule has 204 valence electrons. The van der Waals surface area contributed by atoms with Crippen LogP contribution >= 0.6 is 15.9 Å². The van der Waals surface area contributed by atoms with E-state index in [1.54, 1.807) is 31.2 Å². The number of nitrogens with zero attached hydrogens (tertiary/aromatic N) is 2. The highest BCUT2D eigenvalue weighted by Gasteiger charge is 2.28. The molecular formula is C29H25BrN4O6. The van der Waals surface area contributed by atoms with Crippen molar-refractivity contribution in [3.05, 3.63) is 122 Å². The number of benzene rings is 3. The largest absolute Gasteiger partial charge is 0.464 e. The topological polar surface area (TPSA) is 133 Å². The van der Waals surface area contributed by atoms with Crippen LogP contribution in [0.2, 0.25) is 0 Å². The van der Waals surface area contributed by atoms with Crippen LogP contribution in [0.5, 0.6) is 5.88 Å². The van der Waals surface area contributed by atoms with Crippen LogP contribution in [0.15, 0.2) is 95.5 Å². The zero-order valence-electron chi connectivity index (χ0n) is 21.4. The molecule has 0 fully saturated rings. The SMILES string of the molecule is CCOC(=O)Nc1cc(NC(c2ccccc2)c2ccccc2)c([N+](=O)[O-])c(OCC(=O)c2ccc(Br)cc2)n1. The van der Waals surface area contributed by atoms with Crippen molar-refractivity contribution in [3.63, 3.8) is 0 Å². The van der Waals surface area contributed by atoms with E-state index in [9.17, 15) is 19.7 Å². The molecule has 0 spiro atoms. The van der Waals surface area contributed by atoms with Crippen LogP contribution in [0.3, 0.4) is 0 Å². The Morgan fingerprint density at radius 2 is 1.57 bits per heavy atom. The van der Waals surface area contributed by atoms with Gasteiger partial charge in [0.1, 0.15) is 11.5 Å². The molecule has 40 heavy (non-hydrogen) atoms. The summed E-state index contributed by atoms with van der Waals surface area (Å²) in [4.78, 5) is 40.7. The Kier molecular flexibility index (Phi) is 9.42. The number of pyridine rings is 1. The van der Waals surface area contributed by atoms with E-state index in [1.165, 1.54) is 6.07 Å². The molecule has 0 bridgehead atoms. The standard InChI is InChI=1S/C29H25BrN4O6/c1-2-39-29(36)33-25-17-23(31-26(20-9-5-3-6-10-20)21-11-7-4-8-12-21)27(34(37)38)28(32-25)40-18-24(35)19-13-15-22(30)16-14-19/h3-17,26H,2,18H2,1H3,(H2,31,32,33,36). The van der Waals surface area contributed by atoms with E-state index in [2.05, 4.69) is 31.5 Å². The van der Waals surface area contributed by atoms with Crippen LogP contribution in [0.1, 0.15) is 34.5 Å². The zero-order chi connectivity index (χ0) is 28.5. The van der Waals surface area contributed by atoms with Gasteiger partial charge in [0.05, 0.1) is 17.6 Å². The molecule has 0 atom stereocenters. The first-order valence-corrected chi connectivity index (χ1v) is 13.1. The number of ketones is 1. The van der Waals surface area contributed by atoms with Gasteiger partial charge in [0.15, 0.2) is 12.4 Å². The predicted molar refractivity (Wildman–Crippen MR) is 154 cm³/mol. The van der Waals surface area contributed by atoms with Gasteiger partial charge in [-0.2, -0.15) is 4.98 Å². The van der Waals surface area contributed by atoms with E-state index in [-0.39, 0.29) is 18.1 Å². The summed E-state index contributed by atoms with van der Waals surface area (Å²) in [5.74, 6) is -0.905. The number of nitro groups is 1. The van der Waals surface area contributed by atoms with Gasteiger partial charge >= 0.3 is 11.8 Å². The second kappa shape index (κ2) is 13.3. The van der Waals surface area contributed by atoms with Crippen molar-refractivity contribution in [2.24, 2.45) is 0 Å². The molecule has 4 rings (SSSR count). The third-order valence-corrected chi connectivity index (χ3v) is 6.25. The van der Waals surface area contributed by atoms with Gasteiger partial charge in [0.2, 0.25) is 0 Å². The molecule has 10 nitrogen and oxygen atoms in total. The molecule has 11 heteroatoms. The second-order valence-electron chi connectivity index (χ2n) is 8.43. The van der Waals surface area contributed by atoms with E-state index in [0.29, 0.717) is 5.56 Å². The summed E-state index contributed by atoms with van der Waals surface area (Å²) in [7, 11) is 0. The molecule has 2 N–H and O–H groups in total. The number of halogens is 1. The van der Waals surface area contributed by atoms with E-state index in [4.69, 9.17) is 9.47 Å². The lowest BCUT2D eigenvalue weighted by Crippen LogP contribution is -2.18. The van der Waals surface area contributed by atoms with Crippen LogP contribution in [-0.4, -0.2) is 35.0 Å². The second-order valence-corrected chi connectivity index (χ2v) is 9.34. The molecular weight excluding hydrogens is 580 g/mol. The highest BCUT2D eigenvalue weighted by molar-refractivity contribution is 9.10. The summed E-state index contributed by atoms with van der Waals surface area (Å²) in [6.45, 7) is 1.24. The molecule has 0 saturated heterocycles. The first kappa shape index (κ1) is 28.2. The van der Waals surface area contributed by atoms with E-state index < -0.39 is 41.0 Å². The molecule has 4 aromatic rings. The van der Waals surface area contributed by atoms with E-state index in [0.717, 1.165) is 15.6 Å². The van der Waals surface area contributed by atoms with E-state index in [1.807, 2.05) is 60.7 Å². The molecule has 0 aliphatic carbocycles. The highest BCUT2D eigenvalue weighted by atomic mass is 79.9. The van der Waals surface area contributed by atoms with E-state index >= 15 is 0 Å². The lowest BCUT2D eigenvalue weighted by Gasteiger charge is -2.22. The van der Waals surface area contributed by atoms with Crippen molar-refractivity contribution in [3.8, 4) is 5.88 Å². The Morgan fingerprint density at radius 1 is 0.975 bits per heavy atom. The molecule has 0 unspecified atom stereocenters. The van der Waals surface area contributed by atoms with Crippen molar-refractivity contribution in [2.75, 3.05) is 23.8 Å².